The van der Waals surface area contributed by atoms with Gasteiger partial charge in [-0.05, 0) is 36.1 Å². The molecule has 1 atom stereocenters. The van der Waals surface area contributed by atoms with Gasteiger partial charge in [-0.25, -0.2) is 0 Å². The van der Waals surface area contributed by atoms with Gasteiger partial charge in [-0.3, -0.25) is 9.00 Å². The van der Waals surface area contributed by atoms with Gasteiger partial charge in [0.1, 0.15) is 0 Å². The Kier molecular flexibility index (Phi) is 5.67. The molecule has 2 aromatic rings. The molecule has 0 aliphatic heterocycles. The minimum atomic E-state index is -1.02. The zero-order valence-electron chi connectivity index (χ0n) is 11.2. The highest BCUT2D eigenvalue weighted by Crippen LogP contribution is 2.15. The molecule has 108 valence electrons. The molecule has 0 fully saturated rings. The van der Waals surface area contributed by atoms with Gasteiger partial charge in [-0.15, -0.1) is 11.3 Å². The van der Waals surface area contributed by atoms with Crippen LogP contribution in [0, 0.1) is 11.3 Å². The number of nitriles is 1. The molecule has 1 unspecified atom stereocenters. The Hall–Kier alpha value is -1.97. The number of thiophene rings is 1. The zero-order valence-corrected chi connectivity index (χ0v) is 12.9. The number of rotatable bonds is 6. The Morgan fingerprint density at radius 2 is 2.19 bits per heavy atom. The van der Waals surface area contributed by atoms with E-state index < -0.39 is 10.8 Å². The van der Waals surface area contributed by atoms with Crippen LogP contribution in [0.5, 0.6) is 0 Å². The van der Waals surface area contributed by atoms with Crippen molar-refractivity contribution >= 4 is 33.7 Å². The van der Waals surface area contributed by atoms with Crippen molar-refractivity contribution in [1.82, 2.24) is 0 Å². The van der Waals surface area contributed by atoms with Gasteiger partial charge in [-0.1, -0.05) is 12.1 Å². The summed E-state index contributed by atoms with van der Waals surface area (Å²) in [6, 6.07) is 12.5. The summed E-state index contributed by atoms with van der Waals surface area (Å²) in [6.45, 7) is 0. The van der Waals surface area contributed by atoms with E-state index in [2.05, 4.69) is 5.32 Å². The first-order chi connectivity index (χ1) is 10.2. The molecule has 6 heteroatoms. The van der Waals surface area contributed by atoms with Crippen molar-refractivity contribution in [3.8, 4) is 6.07 Å². The largest absolute Gasteiger partial charge is 0.326 e. The molecule has 0 spiro atoms. The highest BCUT2D eigenvalue weighted by Gasteiger charge is 2.07. The lowest BCUT2D eigenvalue weighted by Crippen LogP contribution is -2.12. The summed E-state index contributed by atoms with van der Waals surface area (Å²) in [5.41, 5.74) is 1.12. The molecule has 0 aliphatic carbocycles. The second-order valence-electron chi connectivity index (χ2n) is 4.33. The standard InChI is InChI=1S/C15H14N2O2S2/c16-11-12-4-1-5-13(10-12)17-14(18)6-3-9-21(19)15-7-2-8-20-15/h1-2,4-5,7-8,10H,3,6,9H2,(H,17,18). The maximum atomic E-state index is 11.9. The molecule has 1 aromatic carbocycles. The summed E-state index contributed by atoms with van der Waals surface area (Å²) in [6.07, 6.45) is 0.877. The second kappa shape index (κ2) is 7.72. The number of hydrogen-bond acceptors (Lipinski definition) is 4. The maximum Gasteiger partial charge on any atom is 0.224 e. The normalized spacial score (nSPS) is 11.6. The van der Waals surface area contributed by atoms with Gasteiger partial charge in [0, 0.05) is 17.9 Å². The van der Waals surface area contributed by atoms with Crippen molar-refractivity contribution in [3.63, 3.8) is 0 Å². The summed E-state index contributed by atoms with van der Waals surface area (Å²) in [7, 11) is -1.02. The highest BCUT2D eigenvalue weighted by atomic mass is 32.2. The number of nitrogens with one attached hydrogen (secondary N) is 1. The minimum Gasteiger partial charge on any atom is -0.326 e. The predicted octanol–water partition coefficient (Wildman–Crippen LogP) is 3.15. The van der Waals surface area contributed by atoms with Gasteiger partial charge in [0.2, 0.25) is 5.91 Å². The molecule has 0 aliphatic rings. The number of carbonyl (C=O) groups excluding carboxylic acids is 1. The smallest absolute Gasteiger partial charge is 0.224 e. The molecule has 4 nitrogen and oxygen atoms in total. The number of amides is 1. The van der Waals surface area contributed by atoms with E-state index in [0.717, 1.165) is 4.21 Å². The monoisotopic (exact) mass is 318 g/mol. The fraction of sp³-hybridized carbons (Fsp3) is 0.200. The molecule has 1 aromatic heterocycles. The lowest BCUT2D eigenvalue weighted by Gasteiger charge is -2.05. The van der Waals surface area contributed by atoms with Crippen molar-refractivity contribution in [3.05, 3.63) is 47.3 Å². The lowest BCUT2D eigenvalue weighted by atomic mass is 10.2. The van der Waals surface area contributed by atoms with Crippen LogP contribution in [0.4, 0.5) is 5.69 Å². The van der Waals surface area contributed by atoms with Gasteiger partial charge >= 0.3 is 0 Å². The maximum absolute atomic E-state index is 11.9. The molecular formula is C15H14N2O2S2. The summed E-state index contributed by atoms with van der Waals surface area (Å²) in [4.78, 5) is 11.8. The van der Waals surface area contributed by atoms with E-state index in [9.17, 15) is 9.00 Å². The quantitative estimate of drug-likeness (QED) is 0.889. The van der Waals surface area contributed by atoms with E-state index in [-0.39, 0.29) is 5.91 Å². The first-order valence-corrected chi connectivity index (χ1v) is 8.61. The van der Waals surface area contributed by atoms with E-state index in [0.29, 0.717) is 29.8 Å². The van der Waals surface area contributed by atoms with E-state index in [1.165, 1.54) is 11.3 Å². The van der Waals surface area contributed by atoms with Crippen LogP contribution in [-0.4, -0.2) is 15.9 Å². The highest BCUT2D eigenvalue weighted by molar-refractivity contribution is 7.87. The molecule has 1 amide bonds. The van der Waals surface area contributed by atoms with Crippen LogP contribution in [-0.2, 0) is 15.6 Å². The Labute approximate surface area is 129 Å². The Balaban J connectivity index is 1.77. The van der Waals surface area contributed by atoms with E-state index in [1.54, 1.807) is 24.3 Å². The van der Waals surface area contributed by atoms with Crippen molar-refractivity contribution in [2.45, 2.75) is 17.1 Å². The van der Waals surface area contributed by atoms with Crippen molar-refractivity contribution in [2.75, 3.05) is 11.1 Å². The average Bonchev–Trinajstić information content (AvgIpc) is 3.01. The first-order valence-electron chi connectivity index (χ1n) is 6.41. The average molecular weight is 318 g/mol. The topological polar surface area (TPSA) is 70.0 Å². The molecule has 21 heavy (non-hydrogen) atoms. The van der Waals surface area contributed by atoms with E-state index >= 15 is 0 Å². The number of hydrogen-bond donors (Lipinski definition) is 1. The number of nitrogens with zero attached hydrogens (tertiary/aromatic N) is 1. The number of carbonyl (C=O) groups is 1. The van der Waals surface area contributed by atoms with Crippen LogP contribution in [0.15, 0.2) is 46.0 Å². The van der Waals surface area contributed by atoms with Gasteiger partial charge < -0.3 is 5.32 Å². The summed E-state index contributed by atoms with van der Waals surface area (Å²) in [5.74, 6) is 0.347. The Morgan fingerprint density at radius 1 is 1.33 bits per heavy atom. The minimum absolute atomic E-state index is 0.131. The summed E-state index contributed by atoms with van der Waals surface area (Å²) < 4.78 is 12.7. The van der Waals surface area contributed by atoms with Crippen LogP contribution in [0.25, 0.3) is 0 Å². The lowest BCUT2D eigenvalue weighted by molar-refractivity contribution is -0.116. The molecular weight excluding hydrogens is 304 g/mol. The van der Waals surface area contributed by atoms with Crippen molar-refractivity contribution in [1.29, 1.82) is 5.26 Å². The Bertz CT molecular complexity index is 675. The van der Waals surface area contributed by atoms with Crippen LogP contribution >= 0.6 is 11.3 Å². The second-order valence-corrected chi connectivity index (χ2v) is 7.07. The molecule has 0 saturated carbocycles. The molecule has 1 heterocycles. The van der Waals surface area contributed by atoms with Gasteiger partial charge in [0.05, 0.1) is 26.6 Å². The van der Waals surface area contributed by atoms with Crippen LogP contribution in [0.1, 0.15) is 18.4 Å². The Morgan fingerprint density at radius 3 is 2.90 bits per heavy atom. The number of benzene rings is 1. The van der Waals surface area contributed by atoms with Crippen LogP contribution < -0.4 is 5.32 Å². The third kappa shape index (κ3) is 4.81. The fourth-order valence-electron chi connectivity index (χ4n) is 1.75. The molecule has 0 bridgehead atoms. The molecule has 1 N–H and O–H groups in total. The van der Waals surface area contributed by atoms with Crippen molar-refractivity contribution < 1.29 is 9.00 Å². The van der Waals surface area contributed by atoms with Crippen LogP contribution in [0.2, 0.25) is 0 Å². The third-order valence-corrected chi connectivity index (χ3v) is 5.48. The zero-order chi connectivity index (χ0) is 15.1. The SMILES string of the molecule is N#Cc1cccc(NC(=O)CCCS(=O)c2cccs2)c1. The van der Waals surface area contributed by atoms with E-state index in [1.807, 2.05) is 23.6 Å². The third-order valence-electron chi connectivity index (χ3n) is 2.73. The van der Waals surface area contributed by atoms with Crippen LogP contribution in [0.3, 0.4) is 0 Å². The molecule has 2 rings (SSSR count). The van der Waals surface area contributed by atoms with Gasteiger partial charge in [0.15, 0.2) is 0 Å². The van der Waals surface area contributed by atoms with Gasteiger partial charge in [-0.2, -0.15) is 5.26 Å². The molecule has 0 radical (unpaired) electrons. The fourth-order valence-corrected chi connectivity index (χ4v) is 3.88. The summed E-state index contributed by atoms with van der Waals surface area (Å²) >= 11 is 1.47. The van der Waals surface area contributed by atoms with E-state index in [4.69, 9.17) is 5.26 Å². The van der Waals surface area contributed by atoms with Gasteiger partial charge in [0.25, 0.3) is 0 Å². The summed E-state index contributed by atoms with van der Waals surface area (Å²) in [5, 5.41) is 13.4. The predicted molar refractivity (Wildman–Crippen MR) is 84.6 cm³/mol. The van der Waals surface area contributed by atoms with Crippen molar-refractivity contribution in [2.24, 2.45) is 0 Å². The first kappa shape index (κ1) is 15.4. The molecule has 0 saturated heterocycles. The number of anilines is 1.